The number of aryl methyl sites for hydroxylation is 1. The third-order valence-corrected chi connectivity index (χ3v) is 6.96. The molecule has 9 heteroatoms. The number of rotatable bonds is 5. The highest BCUT2D eigenvalue weighted by Crippen LogP contribution is 2.33. The van der Waals surface area contributed by atoms with Crippen LogP contribution in [0.25, 0.3) is 0 Å². The normalized spacial score (nSPS) is 20.5. The molecule has 1 saturated carbocycles. The van der Waals surface area contributed by atoms with Crippen LogP contribution in [-0.2, 0) is 24.3 Å². The van der Waals surface area contributed by atoms with Gasteiger partial charge < -0.3 is 14.8 Å². The quantitative estimate of drug-likeness (QED) is 0.764. The number of fused-ring (bicyclic) bond motifs is 1. The molecule has 4 heterocycles. The number of hydrogen-bond donors (Lipinski definition) is 1. The molecule has 1 atom stereocenters. The molecule has 2 amide bonds. The Morgan fingerprint density at radius 2 is 2.00 bits per heavy atom. The van der Waals surface area contributed by atoms with Gasteiger partial charge in [0.2, 0.25) is 5.91 Å². The summed E-state index contributed by atoms with van der Waals surface area (Å²) in [7, 11) is 0. The molecular weight excluding hydrogens is 408 g/mol. The number of carbonyl (C=O) groups excluding carboxylic acids is 2. The molecule has 2 aromatic rings. The monoisotopic (exact) mass is 438 g/mol. The summed E-state index contributed by atoms with van der Waals surface area (Å²) >= 11 is 0. The number of nitrogens with one attached hydrogen (secondary N) is 1. The lowest BCUT2D eigenvalue weighted by Gasteiger charge is -2.28. The van der Waals surface area contributed by atoms with Gasteiger partial charge in [-0.15, -0.1) is 0 Å². The van der Waals surface area contributed by atoms with Crippen LogP contribution in [0.3, 0.4) is 0 Å². The van der Waals surface area contributed by atoms with Crippen molar-refractivity contribution in [1.29, 1.82) is 0 Å². The molecule has 9 nitrogen and oxygen atoms in total. The highest BCUT2D eigenvalue weighted by molar-refractivity contribution is 5.95. The maximum atomic E-state index is 13.1. The minimum atomic E-state index is -0.106. The first-order valence-corrected chi connectivity index (χ1v) is 11.7. The molecule has 32 heavy (non-hydrogen) atoms. The SMILES string of the molecule is CCCn1ncc(C(=O)N2CC[C@@H](c3nc4c(c(=O)[nH]3)CCN(C(=O)C3CC3)C4)C2)c1C. The van der Waals surface area contributed by atoms with Crippen LogP contribution in [0.4, 0.5) is 0 Å². The van der Waals surface area contributed by atoms with E-state index in [2.05, 4.69) is 17.0 Å². The molecule has 2 fully saturated rings. The van der Waals surface area contributed by atoms with Gasteiger partial charge in [-0.1, -0.05) is 6.92 Å². The summed E-state index contributed by atoms with van der Waals surface area (Å²) in [6.07, 6.45) is 5.86. The lowest BCUT2D eigenvalue weighted by molar-refractivity contribution is -0.133. The third-order valence-electron chi connectivity index (χ3n) is 6.96. The van der Waals surface area contributed by atoms with E-state index in [1.54, 1.807) is 6.20 Å². The number of likely N-dealkylation sites (tertiary alicyclic amines) is 1. The summed E-state index contributed by atoms with van der Waals surface area (Å²) < 4.78 is 1.87. The van der Waals surface area contributed by atoms with Gasteiger partial charge in [-0.05, 0) is 39.0 Å². The number of amides is 2. The van der Waals surface area contributed by atoms with Crippen molar-refractivity contribution in [2.45, 2.75) is 65.0 Å². The molecule has 3 aliphatic rings. The predicted molar refractivity (Wildman–Crippen MR) is 117 cm³/mol. The molecule has 0 spiro atoms. The van der Waals surface area contributed by atoms with Crippen molar-refractivity contribution < 1.29 is 9.59 Å². The zero-order chi connectivity index (χ0) is 22.4. The minimum absolute atomic E-state index is 0.0162. The van der Waals surface area contributed by atoms with Gasteiger partial charge in [0.1, 0.15) is 5.82 Å². The molecule has 0 aromatic carbocycles. The Hall–Kier alpha value is -2.97. The van der Waals surface area contributed by atoms with E-state index in [0.29, 0.717) is 55.2 Å². The smallest absolute Gasteiger partial charge is 0.257 e. The van der Waals surface area contributed by atoms with E-state index in [-0.39, 0.29) is 29.2 Å². The second kappa shape index (κ2) is 8.18. The van der Waals surface area contributed by atoms with Crippen LogP contribution in [0.2, 0.25) is 0 Å². The molecule has 0 bridgehead atoms. The Kier molecular flexibility index (Phi) is 5.35. The van der Waals surface area contributed by atoms with Gasteiger partial charge in [0, 0.05) is 49.3 Å². The standard InChI is InChI=1S/C23H30N6O3/c1-3-8-29-14(2)18(11-24-29)23(32)27-9-6-16(12-27)20-25-19-13-28(22(31)15-4-5-15)10-7-17(19)21(30)26-20/h11,15-16H,3-10,12-13H2,1-2H3,(H,25,26,30)/t16-/m1/s1. The molecule has 1 saturated heterocycles. The second-order valence-corrected chi connectivity index (χ2v) is 9.26. The van der Waals surface area contributed by atoms with E-state index in [4.69, 9.17) is 4.98 Å². The molecule has 0 radical (unpaired) electrons. The molecule has 0 unspecified atom stereocenters. The Balaban J connectivity index is 1.32. The summed E-state index contributed by atoms with van der Waals surface area (Å²) in [5.74, 6) is 0.947. The highest BCUT2D eigenvalue weighted by Gasteiger charge is 2.36. The van der Waals surface area contributed by atoms with Gasteiger partial charge >= 0.3 is 0 Å². The van der Waals surface area contributed by atoms with Crippen LogP contribution in [0, 0.1) is 12.8 Å². The highest BCUT2D eigenvalue weighted by atomic mass is 16.2. The van der Waals surface area contributed by atoms with E-state index >= 15 is 0 Å². The van der Waals surface area contributed by atoms with Crippen LogP contribution in [-0.4, -0.2) is 61.0 Å². The summed E-state index contributed by atoms with van der Waals surface area (Å²) in [5.41, 5.74) is 2.83. The topological polar surface area (TPSA) is 104 Å². The zero-order valence-electron chi connectivity index (χ0n) is 18.8. The van der Waals surface area contributed by atoms with Crippen LogP contribution in [0.1, 0.15) is 71.7 Å². The van der Waals surface area contributed by atoms with Gasteiger partial charge in [0.15, 0.2) is 0 Å². The Bertz CT molecular complexity index is 1120. The maximum absolute atomic E-state index is 13.1. The molecule has 1 aliphatic carbocycles. The van der Waals surface area contributed by atoms with E-state index in [0.717, 1.165) is 37.9 Å². The molecular formula is C23H30N6O3. The average molecular weight is 439 g/mol. The molecule has 1 N–H and O–H groups in total. The van der Waals surface area contributed by atoms with Crippen molar-refractivity contribution in [3.63, 3.8) is 0 Å². The third kappa shape index (κ3) is 3.73. The van der Waals surface area contributed by atoms with Crippen molar-refractivity contribution in [2.75, 3.05) is 19.6 Å². The number of H-pyrrole nitrogens is 1. The molecule has 170 valence electrons. The lowest BCUT2D eigenvalue weighted by atomic mass is 10.0. The van der Waals surface area contributed by atoms with Crippen LogP contribution in [0.15, 0.2) is 11.0 Å². The molecule has 2 aliphatic heterocycles. The van der Waals surface area contributed by atoms with Crippen molar-refractivity contribution in [3.8, 4) is 0 Å². The van der Waals surface area contributed by atoms with Gasteiger partial charge in [0.25, 0.3) is 11.5 Å². The Morgan fingerprint density at radius 1 is 1.19 bits per heavy atom. The van der Waals surface area contributed by atoms with E-state index in [9.17, 15) is 14.4 Å². The zero-order valence-corrected chi connectivity index (χ0v) is 18.8. The Labute approximate surface area is 186 Å². The van der Waals surface area contributed by atoms with Crippen molar-refractivity contribution in [1.82, 2.24) is 29.5 Å². The minimum Gasteiger partial charge on any atom is -0.338 e. The van der Waals surface area contributed by atoms with Crippen molar-refractivity contribution >= 4 is 11.8 Å². The van der Waals surface area contributed by atoms with Gasteiger partial charge in [-0.25, -0.2) is 4.98 Å². The fourth-order valence-corrected chi connectivity index (χ4v) is 4.86. The predicted octanol–water partition coefficient (Wildman–Crippen LogP) is 1.61. The number of aromatic nitrogens is 4. The van der Waals surface area contributed by atoms with Crippen LogP contribution >= 0.6 is 0 Å². The summed E-state index contributed by atoms with van der Waals surface area (Å²) in [4.78, 5) is 49.7. The summed E-state index contributed by atoms with van der Waals surface area (Å²) in [5, 5.41) is 4.35. The first kappa shape index (κ1) is 20.9. The van der Waals surface area contributed by atoms with Gasteiger partial charge in [-0.2, -0.15) is 5.10 Å². The van der Waals surface area contributed by atoms with E-state index in [1.165, 1.54) is 0 Å². The number of nitrogens with zero attached hydrogens (tertiary/aromatic N) is 5. The summed E-state index contributed by atoms with van der Waals surface area (Å²) in [6, 6.07) is 0. The summed E-state index contributed by atoms with van der Waals surface area (Å²) in [6.45, 7) is 6.94. The maximum Gasteiger partial charge on any atom is 0.257 e. The van der Waals surface area contributed by atoms with Gasteiger partial charge in [0.05, 0.1) is 24.0 Å². The number of aromatic amines is 1. The van der Waals surface area contributed by atoms with Crippen molar-refractivity contribution in [3.05, 3.63) is 44.9 Å². The van der Waals surface area contributed by atoms with E-state index < -0.39 is 0 Å². The first-order valence-electron chi connectivity index (χ1n) is 11.7. The van der Waals surface area contributed by atoms with Crippen molar-refractivity contribution in [2.24, 2.45) is 5.92 Å². The van der Waals surface area contributed by atoms with E-state index in [1.807, 2.05) is 21.4 Å². The van der Waals surface area contributed by atoms with Crippen LogP contribution in [0.5, 0.6) is 0 Å². The largest absolute Gasteiger partial charge is 0.338 e. The second-order valence-electron chi connectivity index (χ2n) is 9.26. The molecule has 5 rings (SSSR count). The lowest BCUT2D eigenvalue weighted by Crippen LogP contribution is -2.40. The Morgan fingerprint density at radius 3 is 2.75 bits per heavy atom. The first-order chi connectivity index (χ1) is 15.5. The van der Waals surface area contributed by atoms with Crippen LogP contribution < -0.4 is 5.56 Å². The molecule has 2 aromatic heterocycles. The fourth-order valence-electron chi connectivity index (χ4n) is 4.86. The van der Waals surface area contributed by atoms with Gasteiger partial charge in [-0.3, -0.25) is 19.1 Å². The number of hydrogen-bond acceptors (Lipinski definition) is 5. The fraction of sp³-hybridized carbons (Fsp3) is 0.609. The number of carbonyl (C=O) groups is 2. The average Bonchev–Trinajstić information content (AvgIpc) is 3.41.